The van der Waals surface area contributed by atoms with E-state index in [0.29, 0.717) is 35.3 Å². The van der Waals surface area contributed by atoms with Crippen LogP contribution in [-0.4, -0.2) is 25.2 Å². The fourth-order valence-corrected chi connectivity index (χ4v) is 6.40. The average Bonchev–Trinajstić information content (AvgIpc) is 3.70. The van der Waals surface area contributed by atoms with E-state index >= 15 is 0 Å². The minimum absolute atomic E-state index is 0.0749. The third kappa shape index (κ3) is 5.02. The summed E-state index contributed by atoms with van der Waals surface area (Å²) in [6, 6.07) is 7.20. The number of aryl methyl sites for hydroxylation is 1. The van der Waals surface area contributed by atoms with Crippen LogP contribution in [0, 0.1) is 12.7 Å². The third-order valence-corrected chi connectivity index (χ3v) is 8.25. The summed E-state index contributed by atoms with van der Waals surface area (Å²) in [4.78, 5) is 33.7. The minimum Gasteiger partial charge on any atom is -0.361 e. The molecule has 0 spiro atoms. The lowest BCUT2D eigenvalue weighted by molar-refractivity contribution is -0.124. The highest BCUT2D eigenvalue weighted by molar-refractivity contribution is 7.12. The fourth-order valence-electron chi connectivity index (χ4n) is 5.30. The maximum atomic E-state index is 13.9. The number of nitrogens with one attached hydrogen (secondary N) is 3. The van der Waals surface area contributed by atoms with E-state index in [0.717, 1.165) is 29.7 Å². The highest BCUT2D eigenvalue weighted by atomic mass is 32.1. The molecule has 0 unspecified atom stereocenters. The lowest BCUT2D eigenvalue weighted by atomic mass is 10.1. The van der Waals surface area contributed by atoms with Gasteiger partial charge in [0.25, 0.3) is 5.56 Å². The molecule has 3 aromatic heterocycles. The van der Waals surface area contributed by atoms with Crippen molar-refractivity contribution in [2.75, 3.05) is 5.32 Å². The predicted octanol–water partition coefficient (Wildman–Crippen LogP) is 4.03. The van der Waals surface area contributed by atoms with Gasteiger partial charge in [-0.05, 0) is 60.7 Å². The molecule has 0 saturated carbocycles. The maximum Gasteiger partial charge on any atom is 0.333 e. The van der Waals surface area contributed by atoms with Crippen LogP contribution in [0.3, 0.4) is 0 Å². The van der Waals surface area contributed by atoms with Crippen molar-refractivity contribution in [2.45, 2.75) is 58.5 Å². The Hall–Kier alpha value is -3.97. The Morgan fingerprint density at radius 3 is 2.83 bits per heavy atom. The van der Waals surface area contributed by atoms with E-state index in [2.05, 4.69) is 32.1 Å². The van der Waals surface area contributed by atoms with Gasteiger partial charge in [0, 0.05) is 35.6 Å². The van der Waals surface area contributed by atoms with E-state index in [9.17, 15) is 22.8 Å². The monoisotopic (exact) mass is 569 g/mol. The molecule has 6 rings (SSSR count). The molecule has 9 nitrogen and oxygen atoms in total. The number of rotatable bonds is 8. The Balaban J connectivity index is 1.32. The summed E-state index contributed by atoms with van der Waals surface area (Å²) < 4.78 is 42.3. The van der Waals surface area contributed by atoms with Crippen molar-refractivity contribution >= 4 is 23.1 Å². The number of benzene rings is 1. The molecule has 13 heteroatoms. The standard InChI is InChI=1S/C27H26F3N7O2S/c1-14-6-15(8-17(28)7-14)10-32-24-26(39)37-20(23(34-24)19-4-5-36(35-19)27(29)30)2-3-21(37)25(38)33-12-18-9-16-11-31-13-22(16)40-18/h4-9,21,27,31H,2-3,10-13H2,1H3,(H,32,34)(H,33,38)/t21-/m0/s1. The Labute approximate surface area is 231 Å². The van der Waals surface area contributed by atoms with Crippen molar-refractivity contribution in [3.8, 4) is 11.4 Å². The van der Waals surface area contributed by atoms with E-state index in [-0.39, 0.29) is 29.7 Å². The molecule has 40 heavy (non-hydrogen) atoms. The summed E-state index contributed by atoms with van der Waals surface area (Å²) >= 11 is 1.64. The first-order chi connectivity index (χ1) is 19.3. The molecule has 4 aromatic rings. The summed E-state index contributed by atoms with van der Waals surface area (Å²) in [6.45, 7) is 0.998. The SMILES string of the molecule is Cc1cc(F)cc(CNc2nc(-c3ccn(C(F)F)n3)c3n(c2=O)[C@H](C(=O)NCc2cc4c(s2)CNC4)CC3)c1. The molecule has 0 fully saturated rings. The topological polar surface area (TPSA) is 106 Å². The quantitative estimate of drug-likeness (QED) is 0.296. The number of hydrogen-bond donors (Lipinski definition) is 3. The van der Waals surface area contributed by atoms with Gasteiger partial charge in [-0.15, -0.1) is 11.3 Å². The number of alkyl halides is 2. The number of nitrogens with zero attached hydrogens (tertiary/aromatic N) is 4. The van der Waals surface area contributed by atoms with Crippen LogP contribution in [0.2, 0.25) is 0 Å². The summed E-state index contributed by atoms with van der Waals surface area (Å²) in [6.07, 6.45) is 1.84. The number of fused-ring (bicyclic) bond motifs is 2. The number of halogens is 3. The van der Waals surface area contributed by atoms with Crippen LogP contribution < -0.4 is 21.5 Å². The lowest BCUT2D eigenvalue weighted by Crippen LogP contribution is -2.36. The van der Waals surface area contributed by atoms with Crippen LogP contribution in [0.25, 0.3) is 11.4 Å². The Morgan fingerprint density at radius 2 is 2.08 bits per heavy atom. The predicted molar refractivity (Wildman–Crippen MR) is 144 cm³/mol. The summed E-state index contributed by atoms with van der Waals surface area (Å²) in [5, 5.41) is 13.2. The van der Waals surface area contributed by atoms with E-state index in [1.807, 2.05) is 0 Å². The molecule has 2 aliphatic rings. The molecule has 1 atom stereocenters. The number of carbonyl (C=O) groups excluding carboxylic acids is 1. The molecule has 3 N–H and O–H groups in total. The van der Waals surface area contributed by atoms with E-state index < -0.39 is 24.0 Å². The first kappa shape index (κ1) is 26.3. The Bertz CT molecular complexity index is 1620. The number of anilines is 1. The van der Waals surface area contributed by atoms with E-state index in [1.54, 1.807) is 24.3 Å². The largest absolute Gasteiger partial charge is 0.361 e. The van der Waals surface area contributed by atoms with Gasteiger partial charge in [-0.25, -0.2) is 14.1 Å². The highest BCUT2D eigenvalue weighted by Gasteiger charge is 2.34. The van der Waals surface area contributed by atoms with Gasteiger partial charge in [0.05, 0.1) is 12.2 Å². The van der Waals surface area contributed by atoms with Gasteiger partial charge in [0.15, 0.2) is 5.82 Å². The number of aromatic nitrogens is 4. The number of thiophene rings is 1. The van der Waals surface area contributed by atoms with Crippen LogP contribution in [0.1, 0.15) is 51.2 Å². The number of hydrogen-bond acceptors (Lipinski definition) is 7. The third-order valence-electron chi connectivity index (χ3n) is 7.08. The molecule has 0 bridgehead atoms. The summed E-state index contributed by atoms with van der Waals surface area (Å²) in [5.41, 5.74) is 2.90. The van der Waals surface area contributed by atoms with Crippen molar-refractivity contribution in [1.29, 1.82) is 0 Å². The van der Waals surface area contributed by atoms with Crippen molar-refractivity contribution in [3.05, 3.63) is 84.8 Å². The van der Waals surface area contributed by atoms with E-state index in [4.69, 9.17) is 0 Å². The smallest absolute Gasteiger partial charge is 0.333 e. The zero-order valence-corrected chi connectivity index (χ0v) is 22.3. The fraction of sp³-hybridized carbons (Fsp3) is 0.333. The van der Waals surface area contributed by atoms with Crippen molar-refractivity contribution in [1.82, 2.24) is 30.0 Å². The number of carbonyl (C=O) groups is 1. The molecule has 208 valence electrons. The lowest BCUT2D eigenvalue weighted by Gasteiger charge is -2.17. The van der Waals surface area contributed by atoms with Gasteiger partial charge in [-0.3, -0.25) is 14.2 Å². The highest BCUT2D eigenvalue weighted by Crippen LogP contribution is 2.32. The molecule has 1 aromatic carbocycles. The second-order valence-electron chi connectivity index (χ2n) is 9.92. The molecular formula is C27H26F3N7O2S. The zero-order chi connectivity index (χ0) is 28.0. The summed E-state index contributed by atoms with van der Waals surface area (Å²) in [5.74, 6) is -0.790. The molecule has 1 amide bonds. The van der Waals surface area contributed by atoms with Crippen molar-refractivity contribution < 1.29 is 18.0 Å². The zero-order valence-electron chi connectivity index (χ0n) is 21.5. The second-order valence-corrected chi connectivity index (χ2v) is 11.1. The summed E-state index contributed by atoms with van der Waals surface area (Å²) in [7, 11) is 0. The van der Waals surface area contributed by atoms with Gasteiger partial charge < -0.3 is 16.0 Å². The van der Waals surface area contributed by atoms with Gasteiger partial charge in [-0.1, -0.05) is 6.07 Å². The van der Waals surface area contributed by atoms with Crippen LogP contribution in [0.4, 0.5) is 19.0 Å². The van der Waals surface area contributed by atoms with Gasteiger partial charge in [-0.2, -0.15) is 13.9 Å². The molecule has 0 radical (unpaired) electrons. The number of amides is 1. The van der Waals surface area contributed by atoms with Gasteiger partial charge in [0.1, 0.15) is 23.2 Å². The Morgan fingerprint density at radius 1 is 1.23 bits per heavy atom. The molecule has 5 heterocycles. The molecular weight excluding hydrogens is 543 g/mol. The normalized spacial score (nSPS) is 15.9. The minimum atomic E-state index is -2.84. The van der Waals surface area contributed by atoms with Crippen LogP contribution in [0.5, 0.6) is 0 Å². The van der Waals surface area contributed by atoms with Gasteiger partial charge >= 0.3 is 6.55 Å². The Kier molecular flexibility index (Phi) is 6.92. The van der Waals surface area contributed by atoms with Crippen molar-refractivity contribution in [3.63, 3.8) is 0 Å². The second kappa shape index (κ2) is 10.5. The van der Waals surface area contributed by atoms with Crippen LogP contribution in [-0.2, 0) is 37.4 Å². The first-order valence-electron chi connectivity index (χ1n) is 12.8. The average molecular weight is 570 g/mol. The maximum absolute atomic E-state index is 13.9. The molecule has 0 aliphatic carbocycles. The van der Waals surface area contributed by atoms with Crippen molar-refractivity contribution in [2.24, 2.45) is 0 Å². The molecule has 0 saturated heterocycles. The van der Waals surface area contributed by atoms with Crippen LogP contribution in [0.15, 0.2) is 41.3 Å². The van der Waals surface area contributed by atoms with E-state index in [1.165, 1.54) is 33.2 Å². The first-order valence-corrected chi connectivity index (χ1v) is 13.7. The van der Waals surface area contributed by atoms with Gasteiger partial charge in [0.2, 0.25) is 5.91 Å². The molecule has 2 aliphatic heterocycles. The van der Waals surface area contributed by atoms with Crippen LogP contribution >= 0.6 is 11.3 Å².